The van der Waals surface area contributed by atoms with Gasteiger partial charge in [-0.2, -0.15) is 0 Å². The maximum absolute atomic E-state index is 12.4. The zero-order valence-electron chi connectivity index (χ0n) is 11.2. The minimum absolute atomic E-state index is 0.293. The molecule has 0 atom stereocenters. The molecule has 0 radical (unpaired) electrons. The fourth-order valence-corrected chi connectivity index (χ4v) is 2.78. The van der Waals surface area contributed by atoms with Gasteiger partial charge in [0, 0.05) is 17.3 Å². The standard InChI is InChI=1S/C15H13Cl3N2O/c1-2-19-13-6-4-3-5-10(13)15(21)20-14-11(17)7-9(16)8-12(14)18/h3-8,19H,2H2,1H3,(H,20,21). The van der Waals surface area contributed by atoms with E-state index < -0.39 is 0 Å². The highest BCUT2D eigenvalue weighted by molar-refractivity contribution is 6.42. The minimum atomic E-state index is -0.294. The van der Waals surface area contributed by atoms with Crippen molar-refractivity contribution in [2.75, 3.05) is 17.2 Å². The Balaban J connectivity index is 2.31. The third kappa shape index (κ3) is 3.82. The van der Waals surface area contributed by atoms with Crippen molar-refractivity contribution in [1.29, 1.82) is 0 Å². The van der Waals surface area contributed by atoms with Gasteiger partial charge in [-0.3, -0.25) is 4.79 Å². The van der Waals surface area contributed by atoms with Gasteiger partial charge >= 0.3 is 0 Å². The van der Waals surface area contributed by atoms with Gasteiger partial charge in [-0.25, -0.2) is 0 Å². The Bertz CT molecular complexity index is 651. The normalized spacial score (nSPS) is 10.3. The molecule has 0 saturated heterocycles. The maximum atomic E-state index is 12.4. The summed E-state index contributed by atoms with van der Waals surface area (Å²) in [7, 11) is 0. The molecule has 3 nitrogen and oxygen atoms in total. The van der Waals surface area contributed by atoms with E-state index in [1.54, 1.807) is 12.1 Å². The van der Waals surface area contributed by atoms with E-state index in [2.05, 4.69) is 10.6 Å². The summed E-state index contributed by atoms with van der Waals surface area (Å²) in [5.41, 5.74) is 1.61. The van der Waals surface area contributed by atoms with Crippen LogP contribution in [-0.4, -0.2) is 12.5 Å². The van der Waals surface area contributed by atoms with Crippen LogP contribution in [0.1, 0.15) is 17.3 Å². The quantitative estimate of drug-likeness (QED) is 0.787. The number of halogens is 3. The summed E-state index contributed by atoms with van der Waals surface area (Å²) in [6.07, 6.45) is 0. The molecule has 2 N–H and O–H groups in total. The zero-order chi connectivity index (χ0) is 15.4. The van der Waals surface area contributed by atoms with Crippen molar-refractivity contribution in [3.63, 3.8) is 0 Å². The number of nitrogens with one attached hydrogen (secondary N) is 2. The highest BCUT2D eigenvalue weighted by atomic mass is 35.5. The van der Waals surface area contributed by atoms with Crippen LogP contribution >= 0.6 is 34.8 Å². The van der Waals surface area contributed by atoms with E-state index in [1.165, 1.54) is 12.1 Å². The lowest BCUT2D eigenvalue weighted by atomic mass is 10.1. The van der Waals surface area contributed by atoms with Gasteiger partial charge in [0.05, 0.1) is 21.3 Å². The predicted molar refractivity (Wildman–Crippen MR) is 90.0 cm³/mol. The van der Waals surface area contributed by atoms with Gasteiger partial charge in [0.15, 0.2) is 0 Å². The molecule has 21 heavy (non-hydrogen) atoms. The molecule has 0 aliphatic heterocycles. The lowest BCUT2D eigenvalue weighted by molar-refractivity contribution is 0.102. The molecule has 0 saturated carbocycles. The van der Waals surface area contributed by atoms with Gasteiger partial charge in [-0.1, -0.05) is 46.9 Å². The van der Waals surface area contributed by atoms with Crippen molar-refractivity contribution in [3.05, 3.63) is 57.0 Å². The third-order valence-electron chi connectivity index (χ3n) is 2.78. The number of anilines is 2. The van der Waals surface area contributed by atoms with Crippen molar-refractivity contribution in [1.82, 2.24) is 0 Å². The fraction of sp³-hybridized carbons (Fsp3) is 0.133. The van der Waals surface area contributed by atoms with Gasteiger partial charge < -0.3 is 10.6 Å². The Morgan fingerprint density at radius 2 is 1.71 bits per heavy atom. The number of carbonyl (C=O) groups is 1. The van der Waals surface area contributed by atoms with Crippen molar-refractivity contribution < 1.29 is 4.79 Å². The van der Waals surface area contributed by atoms with Crippen LogP contribution < -0.4 is 10.6 Å². The monoisotopic (exact) mass is 342 g/mol. The van der Waals surface area contributed by atoms with Crippen LogP contribution in [0.2, 0.25) is 15.1 Å². The Hall–Kier alpha value is -1.42. The first-order chi connectivity index (χ1) is 10.0. The minimum Gasteiger partial charge on any atom is -0.385 e. The van der Waals surface area contributed by atoms with E-state index in [0.29, 0.717) is 32.9 Å². The van der Waals surface area contributed by atoms with E-state index in [9.17, 15) is 4.79 Å². The van der Waals surface area contributed by atoms with Crippen LogP contribution in [0.3, 0.4) is 0 Å². The molecule has 0 unspecified atom stereocenters. The summed E-state index contributed by atoms with van der Waals surface area (Å²) in [5, 5.41) is 6.85. The molecule has 2 aromatic rings. The van der Waals surface area contributed by atoms with Crippen LogP contribution in [0.4, 0.5) is 11.4 Å². The van der Waals surface area contributed by atoms with E-state index in [4.69, 9.17) is 34.8 Å². The van der Waals surface area contributed by atoms with E-state index in [1.807, 2.05) is 19.1 Å². The maximum Gasteiger partial charge on any atom is 0.257 e. The van der Waals surface area contributed by atoms with Gasteiger partial charge in [-0.05, 0) is 31.2 Å². The van der Waals surface area contributed by atoms with Crippen LogP contribution in [0.5, 0.6) is 0 Å². The lowest BCUT2D eigenvalue weighted by Gasteiger charge is -2.13. The number of rotatable bonds is 4. The van der Waals surface area contributed by atoms with Gasteiger partial charge in [0.25, 0.3) is 5.91 Å². The smallest absolute Gasteiger partial charge is 0.257 e. The largest absolute Gasteiger partial charge is 0.385 e. The van der Waals surface area contributed by atoms with E-state index >= 15 is 0 Å². The zero-order valence-corrected chi connectivity index (χ0v) is 13.5. The Labute approximate surface area is 138 Å². The molecule has 0 aromatic heterocycles. The summed E-state index contributed by atoms with van der Waals surface area (Å²) in [6.45, 7) is 2.67. The molecule has 0 bridgehead atoms. The van der Waals surface area contributed by atoms with Crippen LogP contribution in [0.25, 0.3) is 0 Å². The van der Waals surface area contributed by atoms with Gasteiger partial charge in [-0.15, -0.1) is 0 Å². The molecule has 2 rings (SSSR count). The fourth-order valence-electron chi connectivity index (χ4n) is 1.87. The summed E-state index contributed by atoms with van der Waals surface area (Å²) >= 11 is 18.0. The molecule has 0 aliphatic rings. The Kier molecular flexibility index (Phi) is 5.34. The number of carbonyl (C=O) groups excluding carboxylic acids is 1. The number of benzene rings is 2. The molecule has 0 fully saturated rings. The highest BCUT2D eigenvalue weighted by Gasteiger charge is 2.15. The van der Waals surface area contributed by atoms with Crippen LogP contribution in [0.15, 0.2) is 36.4 Å². The summed E-state index contributed by atoms with van der Waals surface area (Å²) in [5.74, 6) is -0.294. The van der Waals surface area contributed by atoms with Gasteiger partial charge in [0.1, 0.15) is 0 Å². The SMILES string of the molecule is CCNc1ccccc1C(=O)Nc1c(Cl)cc(Cl)cc1Cl. The lowest BCUT2D eigenvalue weighted by Crippen LogP contribution is -2.15. The highest BCUT2D eigenvalue weighted by Crippen LogP contribution is 2.34. The second-order valence-corrected chi connectivity index (χ2v) is 5.53. The summed E-state index contributed by atoms with van der Waals surface area (Å²) in [6, 6.07) is 10.3. The molecule has 6 heteroatoms. The first-order valence-electron chi connectivity index (χ1n) is 6.31. The average Bonchev–Trinajstić information content (AvgIpc) is 2.43. The number of hydrogen-bond donors (Lipinski definition) is 2. The van der Waals surface area contributed by atoms with Crippen LogP contribution in [0, 0.1) is 0 Å². The molecule has 0 aliphatic carbocycles. The number of amides is 1. The molecular weight excluding hydrogens is 331 g/mol. The average molecular weight is 344 g/mol. The first-order valence-corrected chi connectivity index (χ1v) is 7.45. The Morgan fingerprint density at radius 3 is 2.33 bits per heavy atom. The van der Waals surface area contributed by atoms with Gasteiger partial charge in [0.2, 0.25) is 0 Å². The van der Waals surface area contributed by atoms with Crippen LogP contribution in [-0.2, 0) is 0 Å². The molecule has 1 amide bonds. The van der Waals surface area contributed by atoms with Crippen molar-refractivity contribution in [2.45, 2.75) is 6.92 Å². The van der Waals surface area contributed by atoms with E-state index in [-0.39, 0.29) is 5.91 Å². The van der Waals surface area contributed by atoms with E-state index in [0.717, 1.165) is 5.69 Å². The second kappa shape index (κ2) is 7.03. The predicted octanol–water partition coefficient (Wildman–Crippen LogP) is 5.33. The third-order valence-corrected chi connectivity index (χ3v) is 3.60. The topological polar surface area (TPSA) is 41.1 Å². The molecule has 2 aromatic carbocycles. The van der Waals surface area contributed by atoms with Crippen molar-refractivity contribution >= 4 is 52.1 Å². The summed E-state index contributed by atoms with van der Waals surface area (Å²) in [4.78, 5) is 12.4. The molecule has 110 valence electrons. The molecule has 0 spiro atoms. The number of hydrogen-bond acceptors (Lipinski definition) is 2. The van der Waals surface area contributed by atoms with Crippen molar-refractivity contribution in [2.24, 2.45) is 0 Å². The summed E-state index contributed by atoms with van der Waals surface area (Å²) < 4.78 is 0. The number of para-hydroxylation sites is 1. The molecule has 0 heterocycles. The second-order valence-electron chi connectivity index (χ2n) is 4.27. The van der Waals surface area contributed by atoms with Crippen molar-refractivity contribution in [3.8, 4) is 0 Å². The Morgan fingerprint density at radius 1 is 1.10 bits per heavy atom. The first kappa shape index (κ1) is 16.0. The molecular formula is C15H13Cl3N2O.